The Kier molecular flexibility index (Phi) is 3.23. The number of ether oxygens (including phenoxy) is 2. The smallest absolute Gasteiger partial charge is 0.192 e. The molecule has 0 amide bonds. The van der Waals surface area contributed by atoms with Gasteiger partial charge in [0.15, 0.2) is 16.4 Å². The molecular formula is C12H13ClN4O3S. The van der Waals surface area contributed by atoms with Crippen molar-refractivity contribution in [3.05, 3.63) is 27.4 Å². The van der Waals surface area contributed by atoms with E-state index in [1.54, 1.807) is 10.9 Å². The molecule has 9 heteroatoms. The molecular weight excluding hydrogens is 316 g/mol. The molecule has 2 fully saturated rings. The molecule has 1 unspecified atom stereocenters. The first-order valence-corrected chi connectivity index (χ1v) is 7.89. The second-order valence-corrected chi connectivity index (χ2v) is 6.72. The first-order valence-electron chi connectivity index (χ1n) is 6.63. The molecule has 0 aromatic carbocycles. The van der Waals surface area contributed by atoms with Gasteiger partial charge in [0.05, 0.1) is 31.1 Å². The first kappa shape index (κ1) is 13.6. The lowest BCUT2D eigenvalue weighted by molar-refractivity contribution is -0.219. The van der Waals surface area contributed by atoms with Crippen molar-refractivity contribution in [1.29, 1.82) is 0 Å². The minimum atomic E-state index is -1.23. The Balaban J connectivity index is 1.56. The van der Waals surface area contributed by atoms with E-state index in [9.17, 15) is 5.11 Å². The van der Waals surface area contributed by atoms with Gasteiger partial charge in [-0.2, -0.15) is 0 Å². The highest BCUT2D eigenvalue weighted by molar-refractivity contribution is 7.13. The Bertz CT molecular complexity index is 662. The van der Waals surface area contributed by atoms with E-state index in [2.05, 4.69) is 15.3 Å². The molecule has 21 heavy (non-hydrogen) atoms. The van der Waals surface area contributed by atoms with Crippen LogP contribution in [0.4, 0.5) is 0 Å². The van der Waals surface area contributed by atoms with Crippen LogP contribution < -0.4 is 0 Å². The van der Waals surface area contributed by atoms with E-state index in [0.717, 1.165) is 12.1 Å². The van der Waals surface area contributed by atoms with Crippen molar-refractivity contribution in [1.82, 2.24) is 20.0 Å². The minimum absolute atomic E-state index is 0.0856. The molecule has 3 atom stereocenters. The fraction of sp³-hybridized carbons (Fsp3) is 0.583. The maximum absolute atomic E-state index is 10.8. The summed E-state index contributed by atoms with van der Waals surface area (Å²) in [5, 5.41) is 20.8. The Morgan fingerprint density at radius 2 is 2.48 bits per heavy atom. The predicted octanol–water partition coefficient (Wildman–Crippen LogP) is 1.16. The lowest BCUT2D eigenvalue weighted by Crippen LogP contribution is -2.44. The monoisotopic (exact) mass is 328 g/mol. The van der Waals surface area contributed by atoms with Crippen LogP contribution in [0, 0.1) is 0 Å². The predicted molar refractivity (Wildman–Crippen MR) is 74.0 cm³/mol. The SMILES string of the molecule is OC1(c2cn(Cc3csc(Cl)n3)nn2)CC[C@H]2CO[C@@H]1O2. The summed E-state index contributed by atoms with van der Waals surface area (Å²) in [4.78, 5) is 4.17. The van der Waals surface area contributed by atoms with Crippen molar-refractivity contribution in [2.24, 2.45) is 0 Å². The zero-order valence-electron chi connectivity index (χ0n) is 11.0. The number of hydrogen-bond donors (Lipinski definition) is 1. The average Bonchev–Trinajstić information content (AvgIpc) is 3.17. The van der Waals surface area contributed by atoms with E-state index >= 15 is 0 Å². The summed E-state index contributed by atoms with van der Waals surface area (Å²) < 4.78 is 13.2. The number of rotatable bonds is 3. The first-order chi connectivity index (χ1) is 10.1. The third-order valence-corrected chi connectivity index (χ3v) is 4.84. The lowest BCUT2D eigenvalue weighted by atomic mass is 9.90. The largest absolute Gasteiger partial charge is 0.378 e. The molecule has 112 valence electrons. The van der Waals surface area contributed by atoms with Crippen LogP contribution in [0.25, 0.3) is 0 Å². The molecule has 2 saturated heterocycles. The van der Waals surface area contributed by atoms with Crippen LogP contribution in [0.3, 0.4) is 0 Å². The highest BCUT2D eigenvalue weighted by Gasteiger charge is 2.51. The second kappa shape index (κ2) is 4.99. The summed E-state index contributed by atoms with van der Waals surface area (Å²) in [6.45, 7) is 0.986. The van der Waals surface area contributed by atoms with E-state index < -0.39 is 11.9 Å². The van der Waals surface area contributed by atoms with Crippen LogP contribution in [0.5, 0.6) is 0 Å². The molecule has 0 aliphatic carbocycles. The van der Waals surface area contributed by atoms with Gasteiger partial charge in [0, 0.05) is 5.38 Å². The van der Waals surface area contributed by atoms with Crippen molar-refractivity contribution < 1.29 is 14.6 Å². The standard InChI is InChI=1S/C12H13ClN4O3S/c13-11-14-7(6-21-11)3-17-4-9(15-16-17)12(18)2-1-8-5-19-10(12)20-8/h4,6,8,10,18H,1-3,5H2/t8-,10+,12?/m0/s1. The highest BCUT2D eigenvalue weighted by Crippen LogP contribution is 2.40. The third-order valence-electron chi connectivity index (χ3n) is 3.82. The van der Waals surface area contributed by atoms with E-state index in [0.29, 0.717) is 29.7 Å². The molecule has 0 spiro atoms. The van der Waals surface area contributed by atoms with Crippen molar-refractivity contribution in [2.45, 2.75) is 37.4 Å². The molecule has 0 saturated carbocycles. The minimum Gasteiger partial charge on any atom is -0.378 e. The van der Waals surface area contributed by atoms with Gasteiger partial charge >= 0.3 is 0 Å². The van der Waals surface area contributed by atoms with Gasteiger partial charge < -0.3 is 14.6 Å². The van der Waals surface area contributed by atoms with Crippen LogP contribution in [0.2, 0.25) is 4.47 Å². The van der Waals surface area contributed by atoms with Crippen LogP contribution in [0.1, 0.15) is 24.2 Å². The van der Waals surface area contributed by atoms with Crippen LogP contribution in [-0.2, 0) is 21.6 Å². The molecule has 2 aliphatic heterocycles. The third kappa shape index (κ3) is 2.36. The molecule has 1 N–H and O–H groups in total. The van der Waals surface area contributed by atoms with Crippen molar-refractivity contribution in [3.63, 3.8) is 0 Å². The number of nitrogens with zero attached hydrogens (tertiary/aromatic N) is 4. The summed E-state index contributed by atoms with van der Waals surface area (Å²) in [6.07, 6.45) is 2.45. The number of thiazole rings is 1. The Labute approximate surface area is 129 Å². The zero-order valence-corrected chi connectivity index (χ0v) is 12.5. The van der Waals surface area contributed by atoms with Crippen molar-refractivity contribution >= 4 is 22.9 Å². The summed E-state index contributed by atoms with van der Waals surface area (Å²) in [6, 6.07) is 0. The number of aromatic nitrogens is 4. The number of hydrogen-bond acceptors (Lipinski definition) is 7. The molecule has 2 aromatic heterocycles. The Morgan fingerprint density at radius 1 is 1.57 bits per heavy atom. The van der Waals surface area contributed by atoms with E-state index in [1.165, 1.54) is 11.3 Å². The van der Waals surface area contributed by atoms with Gasteiger partial charge in [-0.05, 0) is 12.8 Å². The zero-order chi connectivity index (χ0) is 14.4. The van der Waals surface area contributed by atoms with Gasteiger partial charge in [0.1, 0.15) is 5.69 Å². The summed E-state index contributed by atoms with van der Waals surface area (Å²) >= 11 is 7.18. The average molecular weight is 329 g/mol. The number of aliphatic hydroxyl groups is 1. The van der Waals surface area contributed by atoms with Gasteiger partial charge in [-0.25, -0.2) is 9.67 Å². The van der Waals surface area contributed by atoms with Gasteiger partial charge in [0.25, 0.3) is 0 Å². The quantitative estimate of drug-likeness (QED) is 0.910. The highest BCUT2D eigenvalue weighted by atomic mass is 35.5. The van der Waals surface area contributed by atoms with E-state index in [1.807, 2.05) is 5.38 Å². The molecule has 7 nitrogen and oxygen atoms in total. The molecule has 2 aliphatic rings. The summed E-state index contributed by atoms with van der Waals surface area (Å²) in [5.41, 5.74) is 0.0463. The van der Waals surface area contributed by atoms with Crippen LogP contribution in [-0.4, -0.2) is 44.1 Å². The fourth-order valence-corrected chi connectivity index (χ4v) is 3.47. The van der Waals surface area contributed by atoms with Gasteiger partial charge in [0.2, 0.25) is 0 Å². The maximum Gasteiger partial charge on any atom is 0.192 e. The van der Waals surface area contributed by atoms with E-state index in [4.69, 9.17) is 21.1 Å². The summed E-state index contributed by atoms with van der Waals surface area (Å²) in [5.74, 6) is 0. The molecule has 4 rings (SSSR count). The molecule has 4 heterocycles. The topological polar surface area (TPSA) is 82.3 Å². The van der Waals surface area contributed by atoms with E-state index in [-0.39, 0.29) is 6.10 Å². The Hall–Kier alpha value is -1.06. The van der Waals surface area contributed by atoms with Crippen molar-refractivity contribution in [3.8, 4) is 0 Å². The lowest BCUT2D eigenvalue weighted by Gasteiger charge is -2.34. The molecule has 2 bridgehead atoms. The van der Waals surface area contributed by atoms with Gasteiger partial charge in [-0.1, -0.05) is 16.8 Å². The molecule has 0 radical (unpaired) electrons. The second-order valence-electron chi connectivity index (χ2n) is 5.28. The normalized spacial score (nSPS) is 31.7. The van der Waals surface area contributed by atoms with Gasteiger partial charge in [-0.15, -0.1) is 16.4 Å². The number of halogens is 1. The van der Waals surface area contributed by atoms with Crippen LogP contribution >= 0.6 is 22.9 Å². The fourth-order valence-electron chi connectivity index (χ4n) is 2.69. The van der Waals surface area contributed by atoms with Crippen molar-refractivity contribution in [2.75, 3.05) is 6.61 Å². The summed E-state index contributed by atoms with van der Waals surface area (Å²) in [7, 11) is 0. The molecule has 2 aromatic rings. The maximum atomic E-state index is 10.8. The number of fused-ring (bicyclic) bond motifs is 2. The van der Waals surface area contributed by atoms with Gasteiger partial charge in [-0.3, -0.25) is 0 Å². The van der Waals surface area contributed by atoms with Crippen LogP contribution in [0.15, 0.2) is 11.6 Å². The Morgan fingerprint density at radius 3 is 3.29 bits per heavy atom.